The first-order valence-corrected chi connectivity index (χ1v) is 7.14. The molecule has 1 heterocycles. The molecule has 2 aromatic rings. The topological polar surface area (TPSA) is 41.5 Å². The van der Waals surface area contributed by atoms with E-state index in [9.17, 15) is 18.3 Å². The molecule has 2 N–H and O–H groups in total. The number of halogens is 3. The zero-order chi connectivity index (χ0) is 15.3. The average Bonchev–Trinajstić information content (AvgIpc) is 2.91. The van der Waals surface area contributed by atoms with Crippen molar-refractivity contribution in [2.75, 3.05) is 6.54 Å². The molecular formula is C14H14F3NO2S. The number of aliphatic hydroxyl groups is 1. The Balaban J connectivity index is 1.84. The predicted octanol–water partition coefficient (Wildman–Crippen LogP) is 3.47. The first kappa shape index (κ1) is 15.8. The smallest absolute Gasteiger partial charge is 0.406 e. The van der Waals surface area contributed by atoms with Crippen molar-refractivity contribution in [2.45, 2.75) is 19.0 Å². The summed E-state index contributed by atoms with van der Waals surface area (Å²) >= 11 is 1.49. The molecule has 21 heavy (non-hydrogen) atoms. The lowest BCUT2D eigenvalue weighted by Gasteiger charge is -2.12. The van der Waals surface area contributed by atoms with Gasteiger partial charge in [0.15, 0.2) is 0 Å². The first-order chi connectivity index (χ1) is 9.94. The van der Waals surface area contributed by atoms with Crippen LogP contribution in [-0.2, 0) is 6.54 Å². The SMILES string of the molecule is OC(CNCc1cccc(OC(F)(F)F)c1)c1ccsc1. The molecule has 2 rings (SSSR count). The average molecular weight is 317 g/mol. The van der Waals surface area contributed by atoms with Crippen LogP contribution in [0.5, 0.6) is 5.75 Å². The molecular weight excluding hydrogens is 303 g/mol. The molecule has 0 saturated heterocycles. The van der Waals surface area contributed by atoms with Crippen LogP contribution in [0.25, 0.3) is 0 Å². The lowest BCUT2D eigenvalue weighted by atomic mass is 10.2. The minimum Gasteiger partial charge on any atom is -0.406 e. The Morgan fingerprint density at radius 3 is 2.76 bits per heavy atom. The summed E-state index contributed by atoms with van der Waals surface area (Å²) in [5.74, 6) is -0.250. The molecule has 0 aliphatic rings. The number of alkyl halides is 3. The predicted molar refractivity (Wildman–Crippen MR) is 74.1 cm³/mol. The second kappa shape index (κ2) is 6.93. The van der Waals surface area contributed by atoms with Gasteiger partial charge in [-0.2, -0.15) is 11.3 Å². The number of nitrogens with one attached hydrogen (secondary N) is 1. The van der Waals surface area contributed by atoms with Gasteiger partial charge in [0.05, 0.1) is 6.10 Å². The highest BCUT2D eigenvalue weighted by atomic mass is 32.1. The fourth-order valence-electron chi connectivity index (χ4n) is 1.79. The van der Waals surface area contributed by atoms with Gasteiger partial charge in [-0.3, -0.25) is 0 Å². The molecule has 1 aromatic heterocycles. The molecule has 0 amide bonds. The molecule has 7 heteroatoms. The second-order valence-corrected chi connectivity index (χ2v) is 5.18. The minimum absolute atomic E-state index is 0.250. The van der Waals surface area contributed by atoms with Gasteiger partial charge in [-0.15, -0.1) is 13.2 Å². The fourth-order valence-corrected chi connectivity index (χ4v) is 2.50. The van der Waals surface area contributed by atoms with E-state index in [1.807, 2.05) is 16.8 Å². The van der Waals surface area contributed by atoms with Crippen LogP contribution in [-0.4, -0.2) is 18.0 Å². The highest BCUT2D eigenvalue weighted by Crippen LogP contribution is 2.23. The van der Waals surface area contributed by atoms with Crippen LogP contribution >= 0.6 is 11.3 Å². The second-order valence-electron chi connectivity index (χ2n) is 4.40. The van der Waals surface area contributed by atoms with E-state index in [0.29, 0.717) is 18.7 Å². The van der Waals surface area contributed by atoms with E-state index >= 15 is 0 Å². The molecule has 0 spiro atoms. The van der Waals surface area contributed by atoms with Crippen LogP contribution in [0.2, 0.25) is 0 Å². The molecule has 1 unspecified atom stereocenters. The fraction of sp³-hybridized carbons (Fsp3) is 0.286. The van der Waals surface area contributed by atoms with E-state index in [-0.39, 0.29) is 5.75 Å². The summed E-state index contributed by atoms with van der Waals surface area (Å²) < 4.78 is 40.2. The first-order valence-electron chi connectivity index (χ1n) is 6.19. The maximum absolute atomic E-state index is 12.1. The number of aliphatic hydroxyl groups excluding tert-OH is 1. The molecule has 0 saturated carbocycles. The maximum atomic E-state index is 12.1. The molecule has 3 nitrogen and oxygen atoms in total. The van der Waals surface area contributed by atoms with Crippen molar-refractivity contribution in [3.8, 4) is 5.75 Å². The third-order valence-electron chi connectivity index (χ3n) is 2.73. The molecule has 1 aromatic carbocycles. The largest absolute Gasteiger partial charge is 0.573 e. The molecule has 0 fully saturated rings. The van der Waals surface area contributed by atoms with Gasteiger partial charge < -0.3 is 15.2 Å². The van der Waals surface area contributed by atoms with Gasteiger partial charge in [0.1, 0.15) is 5.75 Å². The monoisotopic (exact) mass is 317 g/mol. The highest BCUT2D eigenvalue weighted by Gasteiger charge is 2.31. The lowest BCUT2D eigenvalue weighted by Crippen LogP contribution is -2.21. The molecule has 0 radical (unpaired) electrons. The summed E-state index contributed by atoms with van der Waals surface area (Å²) in [5.41, 5.74) is 1.47. The maximum Gasteiger partial charge on any atom is 0.573 e. The number of benzene rings is 1. The molecule has 0 bridgehead atoms. The van der Waals surface area contributed by atoms with E-state index in [2.05, 4.69) is 10.1 Å². The Morgan fingerprint density at radius 1 is 1.29 bits per heavy atom. The van der Waals surface area contributed by atoms with Crippen LogP contribution in [0, 0.1) is 0 Å². The van der Waals surface area contributed by atoms with Gasteiger partial charge >= 0.3 is 6.36 Å². The van der Waals surface area contributed by atoms with Crippen molar-refractivity contribution in [1.29, 1.82) is 0 Å². The molecule has 0 aliphatic carbocycles. The van der Waals surface area contributed by atoms with Crippen molar-refractivity contribution in [1.82, 2.24) is 5.32 Å². The van der Waals surface area contributed by atoms with Gasteiger partial charge in [-0.25, -0.2) is 0 Å². The van der Waals surface area contributed by atoms with Gasteiger partial charge in [0, 0.05) is 13.1 Å². The Kier molecular flexibility index (Phi) is 5.22. The Hall–Kier alpha value is -1.57. The summed E-state index contributed by atoms with van der Waals surface area (Å²) in [6.07, 6.45) is -5.33. The lowest BCUT2D eigenvalue weighted by molar-refractivity contribution is -0.274. The summed E-state index contributed by atoms with van der Waals surface area (Å²) in [4.78, 5) is 0. The summed E-state index contributed by atoms with van der Waals surface area (Å²) in [6.45, 7) is 0.664. The van der Waals surface area contributed by atoms with Crippen LogP contribution in [0.1, 0.15) is 17.2 Å². The van der Waals surface area contributed by atoms with E-state index in [1.165, 1.54) is 29.5 Å². The van der Waals surface area contributed by atoms with E-state index in [0.717, 1.165) is 5.56 Å². The quantitative estimate of drug-likeness (QED) is 0.857. The van der Waals surface area contributed by atoms with E-state index in [4.69, 9.17) is 0 Å². The van der Waals surface area contributed by atoms with Crippen LogP contribution in [0.15, 0.2) is 41.1 Å². The Morgan fingerprint density at radius 2 is 2.10 bits per heavy atom. The number of rotatable bonds is 6. The van der Waals surface area contributed by atoms with Crippen molar-refractivity contribution < 1.29 is 23.0 Å². The van der Waals surface area contributed by atoms with Gasteiger partial charge in [-0.05, 0) is 40.1 Å². The van der Waals surface area contributed by atoms with Gasteiger partial charge in [-0.1, -0.05) is 12.1 Å². The van der Waals surface area contributed by atoms with E-state index < -0.39 is 12.5 Å². The van der Waals surface area contributed by atoms with Crippen molar-refractivity contribution in [3.63, 3.8) is 0 Å². The number of thiophene rings is 1. The van der Waals surface area contributed by atoms with Crippen molar-refractivity contribution in [3.05, 3.63) is 52.2 Å². The number of ether oxygens (including phenoxy) is 1. The van der Waals surface area contributed by atoms with E-state index in [1.54, 1.807) is 6.07 Å². The van der Waals surface area contributed by atoms with Crippen LogP contribution in [0.3, 0.4) is 0 Å². The highest BCUT2D eigenvalue weighted by molar-refractivity contribution is 7.07. The summed E-state index contributed by atoms with van der Waals surface area (Å²) in [7, 11) is 0. The minimum atomic E-state index is -4.69. The third-order valence-corrected chi connectivity index (χ3v) is 3.43. The zero-order valence-corrected chi connectivity index (χ0v) is 11.7. The third kappa shape index (κ3) is 5.37. The number of hydrogen-bond donors (Lipinski definition) is 2. The number of hydrogen-bond acceptors (Lipinski definition) is 4. The van der Waals surface area contributed by atoms with Crippen molar-refractivity contribution in [2.24, 2.45) is 0 Å². The normalized spacial score (nSPS) is 13.1. The molecule has 0 aliphatic heterocycles. The van der Waals surface area contributed by atoms with Crippen LogP contribution < -0.4 is 10.1 Å². The standard InChI is InChI=1S/C14H14F3NO2S/c15-14(16,17)20-12-3-1-2-10(6-12)7-18-8-13(19)11-4-5-21-9-11/h1-6,9,13,18-19H,7-8H2. The molecule has 1 atom stereocenters. The Labute approximate surface area is 124 Å². The Bertz CT molecular complexity index is 558. The summed E-state index contributed by atoms with van der Waals surface area (Å²) in [5, 5.41) is 16.6. The van der Waals surface area contributed by atoms with Crippen molar-refractivity contribution >= 4 is 11.3 Å². The zero-order valence-electron chi connectivity index (χ0n) is 10.9. The molecule has 114 valence electrons. The van der Waals surface area contributed by atoms with Gasteiger partial charge in [0.2, 0.25) is 0 Å². The summed E-state index contributed by atoms with van der Waals surface area (Å²) in [6, 6.07) is 7.57. The van der Waals surface area contributed by atoms with Gasteiger partial charge in [0.25, 0.3) is 0 Å². The van der Waals surface area contributed by atoms with Crippen LogP contribution in [0.4, 0.5) is 13.2 Å².